The van der Waals surface area contributed by atoms with Crippen molar-refractivity contribution in [3.63, 3.8) is 0 Å². The summed E-state index contributed by atoms with van der Waals surface area (Å²) < 4.78 is 0. The van der Waals surface area contributed by atoms with Gasteiger partial charge in [-0.1, -0.05) is 0 Å². The Bertz CT molecular complexity index is 435. The van der Waals surface area contributed by atoms with E-state index in [1.54, 1.807) is 0 Å². The second-order valence-electron chi connectivity index (χ2n) is 3.75. The topological polar surface area (TPSA) is 109 Å². The number of carbonyl (C=O) groups excluding carboxylic acids is 4. The number of carbonyl (C=O) groups is 4. The molecule has 0 aliphatic carbocycles. The van der Waals surface area contributed by atoms with Crippen LogP contribution >= 0.6 is 0 Å². The Morgan fingerprint density at radius 3 is 1.10 bits per heavy atom. The predicted molar refractivity (Wildman–Crippen MR) is 68.8 cm³/mol. The van der Waals surface area contributed by atoms with E-state index in [4.69, 9.17) is 10.2 Å². The molecule has 0 bridgehead atoms. The van der Waals surface area contributed by atoms with Crippen molar-refractivity contribution < 1.29 is 48.9 Å². The van der Waals surface area contributed by atoms with Gasteiger partial charge >= 0.3 is 0 Å². The Kier molecular flexibility index (Phi) is 13.2. The van der Waals surface area contributed by atoms with E-state index in [1.807, 2.05) is 0 Å². The molecule has 0 aromatic heterocycles. The zero-order valence-corrected chi connectivity index (χ0v) is 15.3. The molecule has 2 N–H and O–H groups in total. The van der Waals surface area contributed by atoms with Crippen LogP contribution in [0, 0.1) is 0 Å². The van der Waals surface area contributed by atoms with Gasteiger partial charge in [0.25, 0.3) is 0 Å². The molecule has 7 heteroatoms. The summed E-state index contributed by atoms with van der Waals surface area (Å²) in [4.78, 5) is 41.5. The SMILES string of the molecule is CC(=O)C(C(C)=O)=C(C)O.CC(=O)C(C=O)=C(C)O.[Zn]. The van der Waals surface area contributed by atoms with E-state index < -0.39 is 17.3 Å². The summed E-state index contributed by atoms with van der Waals surface area (Å²) in [6.07, 6.45) is 0.345. The van der Waals surface area contributed by atoms with Crippen LogP contribution in [0.5, 0.6) is 0 Å². The van der Waals surface area contributed by atoms with Crippen LogP contribution in [0.3, 0.4) is 0 Å². The van der Waals surface area contributed by atoms with Gasteiger partial charge in [-0.2, -0.15) is 0 Å². The van der Waals surface area contributed by atoms with Crippen molar-refractivity contribution >= 4 is 23.6 Å². The largest absolute Gasteiger partial charge is 0.512 e. The standard InChI is InChI=1S/C7H10O3.C6H8O3.Zn/c1-4(8)7(5(2)9)6(3)10;1-4(8)6(3-7)5(2)9;/h8H,1-3H3;3,8H,1-2H3;. The van der Waals surface area contributed by atoms with Gasteiger partial charge in [0, 0.05) is 19.5 Å². The van der Waals surface area contributed by atoms with Gasteiger partial charge in [-0.15, -0.1) is 0 Å². The summed E-state index contributed by atoms with van der Waals surface area (Å²) in [7, 11) is 0. The molecular weight excluding hydrogens is 318 g/mol. The molecule has 0 aromatic carbocycles. The summed E-state index contributed by atoms with van der Waals surface area (Å²) in [5, 5.41) is 17.4. The van der Waals surface area contributed by atoms with E-state index in [0.717, 1.165) is 0 Å². The molecule has 0 unspecified atom stereocenters. The molecule has 0 saturated carbocycles. The molecule has 0 spiro atoms. The Morgan fingerprint density at radius 1 is 0.750 bits per heavy atom. The van der Waals surface area contributed by atoms with E-state index >= 15 is 0 Å². The molecule has 0 aliphatic rings. The van der Waals surface area contributed by atoms with Crippen molar-refractivity contribution in [1.82, 2.24) is 0 Å². The number of aliphatic hydroxyl groups excluding tert-OH is 2. The third-order valence-electron chi connectivity index (χ3n) is 1.95. The summed E-state index contributed by atoms with van der Waals surface area (Å²) in [5.74, 6) is -1.64. The molecule has 0 atom stereocenters. The summed E-state index contributed by atoms with van der Waals surface area (Å²) >= 11 is 0. The number of aldehydes is 1. The first-order valence-electron chi connectivity index (χ1n) is 5.33. The molecule has 6 nitrogen and oxygen atoms in total. The van der Waals surface area contributed by atoms with E-state index in [2.05, 4.69) is 0 Å². The second-order valence-corrected chi connectivity index (χ2v) is 3.75. The molecular formula is C13H18O6Zn. The molecule has 108 valence electrons. The number of Topliss-reactive ketones (excluding diaryl/α,β-unsaturated/α-hetero) is 3. The molecule has 0 amide bonds. The molecule has 0 rings (SSSR count). The van der Waals surface area contributed by atoms with Crippen molar-refractivity contribution in [2.75, 3.05) is 0 Å². The van der Waals surface area contributed by atoms with Crippen LogP contribution in [-0.4, -0.2) is 33.8 Å². The maximum Gasteiger partial charge on any atom is 0.166 e. The number of hydrogen-bond donors (Lipinski definition) is 2. The first-order chi connectivity index (χ1) is 8.56. The molecule has 0 aromatic rings. The maximum atomic E-state index is 10.6. The number of aliphatic hydroxyl groups is 2. The van der Waals surface area contributed by atoms with Crippen molar-refractivity contribution in [2.24, 2.45) is 0 Å². The second kappa shape index (κ2) is 11.2. The fraction of sp³-hybridized carbons (Fsp3) is 0.385. The van der Waals surface area contributed by atoms with Gasteiger partial charge in [-0.3, -0.25) is 19.2 Å². The Labute approximate surface area is 130 Å². The zero-order valence-electron chi connectivity index (χ0n) is 12.3. The maximum absolute atomic E-state index is 10.6. The summed E-state index contributed by atoms with van der Waals surface area (Å²) in [5.41, 5.74) is -0.269. The van der Waals surface area contributed by atoms with E-state index in [-0.39, 0.29) is 42.1 Å². The van der Waals surface area contributed by atoms with Crippen molar-refractivity contribution in [1.29, 1.82) is 0 Å². The van der Waals surface area contributed by atoms with Gasteiger partial charge in [0.2, 0.25) is 0 Å². The van der Waals surface area contributed by atoms with Gasteiger partial charge in [-0.05, 0) is 34.6 Å². The fourth-order valence-electron chi connectivity index (χ4n) is 1.18. The van der Waals surface area contributed by atoms with Crippen LogP contribution in [0.4, 0.5) is 0 Å². The van der Waals surface area contributed by atoms with Crippen LogP contribution in [0.2, 0.25) is 0 Å². The van der Waals surface area contributed by atoms with Crippen LogP contribution < -0.4 is 0 Å². The minimum atomic E-state index is -0.412. The molecule has 0 fully saturated rings. The van der Waals surface area contributed by atoms with Crippen LogP contribution in [0.25, 0.3) is 0 Å². The third kappa shape index (κ3) is 9.33. The summed E-state index contributed by atoms with van der Waals surface area (Å²) in [6, 6.07) is 0. The minimum absolute atomic E-state index is 0. The van der Waals surface area contributed by atoms with Crippen molar-refractivity contribution in [3.05, 3.63) is 22.7 Å². The van der Waals surface area contributed by atoms with Crippen LogP contribution in [0.1, 0.15) is 34.6 Å². The quantitative estimate of drug-likeness (QED) is 0.202. The molecule has 0 saturated heterocycles. The summed E-state index contributed by atoms with van der Waals surface area (Å²) in [6.45, 7) is 6.33. The van der Waals surface area contributed by atoms with Gasteiger partial charge in [0.15, 0.2) is 23.6 Å². The Hall–Kier alpha value is -1.62. The number of ketones is 3. The normalized spacial score (nSPS) is 9.85. The average molecular weight is 336 g/mol. The monoisotopic (exact) mass is 334 g/mol. The molecule has 0 aliphatic heterocycles. The number of allylic oxidation sites excluding steroid dienone is 4. The average Bonchev–Trinajstić information content (AvgIpc) is 2.15. The van der Waals surface area contributed by atoms with Crippen molar-refractivity contribution in [3.8, 4) is 0 Å². The molecule has 20 heavy (non-hydrogen) atoms. The van der Waals surface area contributed by atoms with E-state index in [9.17, 15) is 19.2 Å². The van der Waals surface area contributed by atoms with Crippen LogP contribution in [0.15, 0.2) is 22.7 Å². The Balaban J connectivity index is -0.000000277. The van der Waals surface area contributed by atoms with Gasteiger partial charge in [0.05, 0.1) is 11.1 Å². The first kappa shape index (κ1) is 23.5. The number of rotatable bonds is 4. The van der Waals surface area contributed by atoms with Gasteiger partial charge in [-0.25, -0.2) is 0 Å². The van der Waals surface area contributed by atoms with E-state index in [1.165, 1.54) is 34.6 Å². The Morgan fingerprint density at radius 2 is 1.10 bits per heavy atom. The molecule has 0 heterocycles. The van der Waals surface area contributed by atoms with Gasteiger partial charge in [0.1, 0.15) is 11.5 Å². The van der Waals surface area contributed by atoms with Gasteiger partial charge < -0.3 is 10.2 Å². The predicted octanol–water partition coefficient (Wildman–Crippen LogP) is 1.60. The van der Waals surface area contributed by atoms with Crippen LogP contribution in [-0.2, 0) is 38.7 Å². The fourth-order valence-corrected chi connectivity index (χ4v) is 1.18. The molecule has 0 radical (unpaired) electrons. The van der Waals surface area contributed by atoms with E-state index in [0.29, 0.717) is 6.29 Å². The minimum Gasteiger partial charge on any atom is -0.512 e. The zero-order chi connectivity index (χ0) is 15.7. The number of hydrogen-bond acceptors (Lipinski definition) is 6. The third-order valence-corrected chi connectivity index (χ3v) is 1.95. The smallest absolute Gasteiger partial charge is 0.166 e. The van der Waals surface area contributed by atoms with Crippen molar-refractivity contribution in [2.45, 2.75) is 34.6 Å². The first-order valence-corrected chi connectivity index (χ1v) is 5.33.